The number of aryl methyl sites for hydroxylation is 2. The van der Waals surface area contributed by atoms with E-state index >= 15 is 0 Å². The number of H-pyrrole nitrogens is 1. The van der Waals surface area contributed by atoms with Gasteiger partial charge in [-0.2, -0.15) is 0 Å². The first-order valence-corrected chi connectivity index (χ1v) is 9.90. The first kappa shape index (κ1) is 16.3. The first-order valence-electron chi connectivity index (χ1n) is 9.90. The van der Waals surface area contributed by atoms with E-state index in [1.165, 1.54) is 35.0 Å². The number of likely N-dealkylation sites (N-methyl/N-ethyl adjacent to an activating group) is 1. The number of nitrogens with one attached hydrogen (secondary N) is 1. The Morgan fingerprint density at radius 2 is 2.04 bits per heavy atom. The van der Waals surface area contributed by atoms with Gasteiger partial charge in [0.2, 0.25) is 0 Å². The predicted octanol–water partition coefficient (Wildman–Crippen LogP) is 2.45. The van der Waals surface area contributed by atoms with Crippen LogP contribution in [0.25, 0.3) is 10.9 Å². The number of benzene rings is 1. The summed E-state index contributed by atoms with van der Waals surface area (Å²) in [6.07, 6.45) is 4.77. The van der Waals surface area contributed by atoms with Crippen molar-refractivity contribution >= 4 is 16.8 Å². The molecule has 0 saturated carbocycles. The van der Waals surface area contributed by atoms with Gasteiger partial charge in [0.15, 0.2) is 0 Å². The lowest BCUT2D eigenvalue weighted by Gasteiger charge is -2.29. The molecule has 2 aromatic rings. The topological polar surface area (TPSA) is 48.6 Å². The van der Waals surface area contributed by atoms with Crippen molar-refractivity contribution in [3.63, 3.8) is 0 Å². The summed E-state index contributed by atoms with van der Waals surface area (Å²) >= 11 is 0. The second-order valence-corrected chi connectivity index (χ2v) is 8.26. The van der Waals surface area contributed by atoms with E-state index in [1.54, 1.807) is 0 Å². The van der Waals surface area contributed by atoms with E-state index in [1.807, 2.05) is 6.07 Å². The molecule has 138 valence electrons. The van der Waals surface area contributed by atoms with Crippen LogP contribution in [0.4, 0.5) is 0 Å². The van der Waals surface area contributed by atoms with E-state index in [0.29, 0.717) is 12.0 Å². The van der Waals surface area contributed by atoms with Crippen molar-refractivity contribution < 1.29 is 9.53 Å². The molecule has 3 aliphatic rings. The van der Waals surface area contributed by atoms with Crippen LogP contribution in [0, 0.1) is 5.92 Å². The standard InChI is InChI=1S/C21H27N3O2/c1-23-9-14-10-24(11-16(23)13-26-12-14)21(25)15-6-7-20-18(8-15)17-4-2-3-5-19(17)22-20/h6-8,14,16,22H,2-5,9-13H2,1H3/t14-,16+/m1/s1. The Morgan fingerprint density at radius 1 is 1.15 bits per heavy atom. The minimum Gasteiger partial charge on any atom is -0.379 e. The van der Waals surface area contributed by atoms with Gasteiger partial charge in [0.1, 0.15) is 0 Å². The number of nitrogens with zero attached hydrogens (tertiary/aromatic N) is 2. The molecule has 26 heavy (non-hydrogen) atoms. The van der Waals surface area contributed by atoms with E-state index in [9.17, 15) is 4.79 Å². The molecule has 2 aliphatic heterocycles. The molecule has 0 radical (unpaired) electrons. The Morgan fingerprint density at radius 3 is 2.96 bits per heavy atom. The highest BCUT2D eigenvalue weighted by molar-refractivity contribution is 5.99. The summed E-state index contributed by atoms with van der Waals surface area (Å²) in [5.74, 6) is 0.574. The van der Waals surface area contributed by atoms with E-state index in [2.05, 4.69) is 34.0 Å². The Labute approximate surface area is 154 Å². The smallest absolute Gasteiger partial charge is 0.253 e. The third-order valence-electron chi connectivity index (χ3n) is 6.38. The second kappa shape index (κ2) is 6.39. The van der Waals surface area contributed by atoms with Crippen LogP contribution in [0.15, 0.2) is 18.2 Å². The highest BCUT2D eigenvalue weighted by Crippen LogP contribution is 2.30. The number of hydrogen-bond donors (Lipinski definition) is 1. The lowest BCUT2D eigenvalue weighted by atomic mass is 9.95. The lowest BCUT2D eigenvalue weighted by molar-refractivity contribution is 0.0434. The summed E-state index contributed by atoms with van der Waals surface area (Å²) in [6.45, 7) is 4.05. The normalized spacial score (nSPS) is 26.6. The van der Waals surface area contributed by atoms with Crippen molar-refractivity contribution in [2.75, 3.05) is 39.9 Å². The fourth-order valence-corrected chi connectivity index (χ4v) is 4.94. The first-order chi connectivity index (χ1) is 12.7. The molecule has 5 heteroatoms. The lowest BCUT2D eigenvalue weighted by Crippen LogP contribution is -2.44. The number of rotatable bonds is 1. The predicted molar refractivity (Wildman–Crippen MR) is 102 cm³/mol. The number of carbonyl (C=O) groups excluding carboxylic acids is 1. The fourth-order valence-electron chi connectivity index (χ4n) is 4.94. The van der Waals surface area contributed by atoms with Crippen molar-refractivity contribution in [2.24, 2.45) is 5.92 Å². The average molecular weight is 353 g/mol. The number of fused-ring (bicyclic) bond motifs is 6. The van der Waals surface area contributed by atoms with Gasteiger partial charge in [-0.05, 0) is 56.5 Å². The zero-order valence-electron chi connectivity index (χ0n) is 15.5. The van der Waals surface area contributed by atoms with E-state index in [-0.39, 0.29) is 5.91 Å². The minimum atomic E-state index is 0.171. The Hall–Kier alpha value is -1.85. The maximum absolute atomic E-state index is 13.3. The SMILES string of the molecule is CN1C[C@H]2COC[C@@H]1CN(C(=O)c1ccc3[nH]c4c(c3c1)CCCC4)C2. The minimum absolute atomic E-state index is 0.171. The molecule has 0 unspecified atom stereocenters. The Bertz CT molecular complexity index is 843. The molecular weight excluding hydrogens is 326 g/mol. The van der Waals surface area contributed by atoms with Crippen LogP contribution in [0.5, 0.6) is 0 Å². The van der Waals surface area contributed by atoms with E-state index in [0.717, 1.165) is 51.3 Å². The van der Waals surface area contributed by atoms with Gasteiger partial charge in [0, 0.05) is 47.7 Å². The van der Waals surface area contributed by atoms with Crippen molar-refractivity contribution in [1.29, 1.82) is 0 Å². The average Bonchev–Trinajstić information content (AvgIpc) is 2.81. The summed E-state index contributed by atoms with van der Waals surface area (Å²) in [5.41, 5.74) is 4.81. The molecule has 1 aliphatic carbocycles. The molecule has 3 heterocycles. The van der Waals surface area contributed by atoms with Gasteiger partial charge < -0.3 is 14.6 Å². The second-order valence-electron chi connectivity index (χ2n) is 8.26. The van der Waals surface area contributed by atoms with Crippen LogP contribution < -0.4 is 0 Å². The quantitative estimate of drug-likeness (QED) is 0.857. The van der Waals surface area contributed by atoms with Crippen LogP contribution in [0.3, 0.4) is 0 Å². The van der Waals surface area contributed by atoms with Crippen molar-refractivity contribution in [3.05, 3.63) is 35.0 Å². The number of carbonyl (C=O) groups is 1. The molecule has 2 bridgehead atoms. The van der Waals surface area contributed by atoms with Gasteiger partial charge in [0.25, 0.3) is 5.91 Å². The highest BCUT2D eigenvalue weighted by Gasteiger charge is 2.33. The van der Waals surface area contributed by atoms with Crippen molar-refractivity contribution in [3.8, 4) is 0 Å². The Balaban J connectivity index is 1.46. The number of aromatic nitrogens is 1. The molecule has 1 N–H and O–H groups in total. The maximum Gasteiger partial charge on any atom is 0.253 e. The zero-order valence-corrected chi connectivity index (χ0v) is 15.5. The number of aromatic amines is 1. The molecule has 0 spiro atoms. The van der Waals surface area contributed by atoms with Gasteiger partial charge in [0.05, 0.1) is 19.3 Å². The molecule has 2 saturated heterocycles. The number of hydrogen-bond acceptors (Lipinski definition) is 3. The molecule has 5 nitrogen and oxygen atoms in total. The van der Waals surface area contributed by atoms with Crippen LogP contribution in [-0.2, 0) is 17.6 Å². The van der Waals surface area contributed by atoms with Gasteiger partial charge in [-0.1, -0.05) is 0 Å². The third kappa shape index (κ3) is 2.74. The van der Waals surface area contributed by atoms with Crippen molar-refractivity contribution in [2.45, 2.75) is 31.7 Å². The van der Waals surface area contributed by atoms with Crippen LogP contribution in [-0.4, -0.2) is 66.6 Å². The van der Waals surface area contributed by atoms with Gasteiger partial charge >= 0.3 is 0 Å². The summed E-state index contributed by atoms with van der Waals surface area (Å²) in [4.78, 5) is 21.3. The van der Waals surface area contributed by atoms with E-state index in [4.69, 9.17) is 4.74 Å². The van der Waals surface area contributed by atoms with Gasteiger partial charge in [-0.25, -0.2) is 0 Å². The molecular formula is C21H27N3O2. The zero-order chi connectivity index (χ0) is 17.7. The van der Waals surface area contributed by atoms with Crippen LogP contribution >= 0.6 is 0 Å². The van der Waals surface area contributed by atoms with Crippen LogP contribution in [0.2, 0.25) is 0 Å². The summed E-state index contributed by atoms with van der Waals surface area (Å²) in [6, 6.07) is 6.51. The van der Waals surface area contributed by atoms with Gasteiger partial charge in [-0.15, -0.1) is 0 Å². The largest absolute Gasteiger partial charge is 0.379 e. The van der Waals surface area contributed by atoms with Crippen LogP contribution in [0.1, 0.15) is 34.5 Å². The van der Waals surface area contributed by atoms with Gasteiger partial charge in [-0.3, -0.25) is 9.69 Å². The molecule has 2 fully saturated rings. The fraction of sp³-hybridized carbons (Fsp3) is 0.571. The molecule has 2 atom stereocenters. The van der Waals surface area contributed by atoms with Crippen molar-refractivity contribution in [1.82, 2.24) is 14.8 Å². The molecule has 1 aromatic heterocycles. The maximum atomic E-state index is 13.3. The molecule has 1 amide bonds. The summed E-state index contributed by atoms with van der Waals surface area (Å²) in [5, 5.41) is 1.25. The summed E-state index contributed by atoms with van der Waals surface area (Å²) < 4.78 is 5.79. The monoisotopic (exact) mass is 353 g/mol. The molecule has 5 rings (SSSR count). The van der Waals surface area contributed by atoms with E-state index < -0.39 is 0 Å². The summed E-state index contributed by atoms with van der Waals surface area (Å²) in [7, 11) is 2.15. The Kier molecular flexibility index (Phi) is 4.02. The molecule has 1 aromatic carbocycles. The third-order valence-corrected chi connectivity index (χ3v) is 6.38. The number of ether oxygens (including phenoxy) is 1. The number of amides is 1. The highest BCUT2D eigenvalue weighted by atomic mass is 16.5.